The fourth-order valence-electron chi connectivity index (χ4n) is 8.67. The smallest absolute Gasteiger partial charge is 0.136 e. The Kier molecular flexibility index (Phi) is 6.15. The summed E-state index contributed by atoms with van der Waals surface area (Å²) in [6.45, 7) is 0. The molecule has 1 nitrogen and oxygen atoms in total. The van der Waals surface area contributed by atoms with Crippen LogP contribution in [0.4, 0.5) is 0 Å². The van der Waals surface area contributed by atoms with Crippen LogP contribution in [0.15, 0.2) is 156 Å². The molecule has 52 heavy (non-hydrogen) atoms. The Balaban J connectivity index is 1.23. The Morgan fingerprint density at radius 3 is 1.83 bits per heavy atom. The molecule has 4 heteroatoms. The van der Waals surface area contributed by atoms with Crippen LogP contribution in [0.3, 0.4) is 0 Å². The van der Waals surface area contributed by atoms with Gasteiger partial charge in [0.15, 0.2) is 0 Å². The molecule has 4 heterocycles. The molecule has 12 rings (SSSR count). The number of furan rings is 1. The van der Waals surface area contributed by atoms with Crippen LogP contribution in [0.2, 0.25) is 0 Å². The van der Waals surface area contributed by atoms with Crippen LogP contribution >= 0.6 is 34.0 Å². The van der Waals surface area contributed by atoms with E-state index in [0.29, 0.717) is 0 Å². The standard InChI is InChI=1S/C48H28OS3/c1-5-13-39-27(9-1)21-40(49-39)35-25-36(44-22-28-10-2-6-14-41(28)50-44)32-19-20-34-38(46-24-30-12-4-8-16-43(30)52-46)26-37(33-18-17-31(35)47(32)48(33)34)45-23-29-11-3-7-15-42(29)51-45/h1-25,38H,26H2. The van der Waals surface area contributed by atoms with Gasteiger partial charge < -0.3 is 4.42 Å². The lowest BCUT2D eigenvalue weighted by atomic mass is 9.78. The third kappa shape index (κ3) is 4.26. The number of para-hydroxylation sites is 1. The van der Waals surface area contributed by atoms with E-state index in [1.807, 2.05) is 34.0 Å². The predicted molar refractivity (Wildman–Crippen MR) is 225 cm³/mol. The van der Waals surface area contributed by atoms with Crippen LogP contribution in [0.25, 0.3) is 90.1 Å². The zero-order valence-electron chi connectivity index (χ0n) is 27.9. The van der Waals surface area contributed by atoms with E-state index in [1.165, 1.54) is 88.4 Å². The summed E-state index contributed by atoms with van der Waals surface area (Å²) in [7, 11) is 0. The molecule has 1 atom stereocenters. The molecule has 244 valence electrons. The first-order valence-corrected chi connectivity index (χ1v) is 20.2. The molecule has 1 unspecified atom stereocenters. The third-order valence-corrected chi connectivity index (χ3v) is 14.6. The van der Waals surface area contributed by atoms with Gasteiger partial charge in [0.25, 0.3) is 0 Å². The van der Waals surface area contributed by atoms with Gasteiger partial charge in [-0.3, -0.25) is 0 Å². The summed E-state index contributed by atoms with van der Waals surface area (Å²) < 4.78 is 10.7. The summed E-state index contributed by atoms with van der Waals surface area (Å²) in [5.41, 5.74) is 6.20. The van der Waals surface area contributed by atoms with Gasteiger partial charge in [0.2, 0.25) is 0 Å². The van der Waals surface area contributed by atoms with E-state index in [2.05, 4.69) is 152 Å². The lowest BCUT2D eigenvalue weighted by molar-refractivity contribution is 0.632. The fraction of sp³-hybridized carbons (Fsp3) is 0.0417. The molecule has 1 aliphatic rings. The number of fused-ring (bicyclic) bond motifs is 4. The minimum atomic E-state index is 0.253. The van der Waals surface area contributed by atoms with Crippen molar-refractivity contribution in [3.8, 4) is 21.8 Å². The largest absolute Gasteiger partial charge is 0.456 e. The number of benzene rings is 7. The lowest BCUT2D eigenvalue weighted by Crippen LogP contribution is -2.19. The van der Waals surface area contributed by atoms with Crippen molar-refractivity contribution in [2.45, 2.75) is 12.3 Å². The highest BCUT2D eigenvalue weighted by Crippen LogP contribution is 2.50. The van der Waals surface area contributed by atoms with Crippen molar-refractivity contribution in [1.29, 1.82) is 0 Å². The van der Waals surface area contributed by atoms with E-state index in [1.54, 1.807) is 0 Å². The molecule has 1 aliphatic carbocycles. The summed E-state index contributed by atoms with van der Waals surface area (Å²) in [5, 5.41) is 11.7. The Morgan fingerprint density at radius 1 is 0.481 bits per heavy atom. The maximum absolute atomic E-state index is 6.67. The number of hydrogen-bond donors (Lipinski definition) is 0. The van der Waals surface area contributed by atoms with Gasteiger partial charge in [0.05, 0.1) is 0 Å². The van der Waals surface area contributed by atoms with Crippen molar-refractivity contribution in [2.75, 3.05) is 0 Å². The molecule has 0 N–H and O–H groups in total. The average Bonchev–Trinajstić information content (AvgIpc) is 4.00. The van der Waals surface area contributed by atoms with Gasteiger partial charge in [0, 0.05) is 51.2 Å². The van der Waals surface area contributed by atoms with Gasteiger partial charge in [0.1, 0.15) is 11.3 Å². The topological polar surface area (TPSA) is 13.1 Å². The first-order chi connectivity index (χ1) is 25.7. The van der Waals surface area contributed by atoms with E-state index in [4.69, 9.17) is 4.42 Å². The summed E-state index contributed by atoms with van der Waals surface area (Å²) in [6, 6.07) is 56.3. The molecule has 0 bridgehead atoms. The Hall–Kier alpha value is -5.52. The van der Waals surface area contributed by atoms with Gasteiger partial charge in [-0.2, -0.15) is 0 Å². The van der Waals surface area contributed by atoms with Gasteiger partial charge in [-0.15, -0.1) is 34.0 Å². The van der Waals surface area contributed by atoms with Crippen LogP contribution in [0.1, 0.15) is 27.7 Å². The quantitative estimate of drug-likeness (QED) is 0.177. The van der Waals surface area contributed by atoms with Crippen LogP contribution in [0, 0.1) is 0 Å². The third-order valence-electron chi connectivity index (χ3n) is 11.1. The molecular weight excluding hydrogens is 689 g/mol. The Labute approximate surface area is 311 Å². The maximum atomic E-state index is 6.67. The second-order valence-electron chi connectivity index (χ2n) is 14.0. The molecule has 0 amide bonds. The summed E-state index contributed by atoms with van der Waals surface area (Å²) in [5.74, 6) is 1.17. The normalized spacial score (nSPS) is 14.6. The number of thiophene rings is 3. The molecule has 0 saturated heterocycles. The van der Waals surface area contributed by atoms with Crippen molar-refractivity contribution < 1.29 is 4.42 Å². The summed E-state index contributed by atoms with van der Waals surface area (Å²) in [6.07, 6.45) is 0.972. The van der Waals surface area contributed by atoms with E-state index in [9.17, 15) is 0 Å². The minimum absolute atomic E-state index is 0.253. The first-order valence-electron chi connectivity index (χ1n) is 17.7. The molecule has 0 fully saturated rings. The van der Waals surface area contributed by atoms with Crippen molar-refractivity contribution in [3.05, 3.63) is 172 Å². The van der Waals surface area contributed by atoms with E-state index >= 15 is 0 Å². The number of rotatable bonds is 4. The van der Waals surface area contributed by atoms with Gasteiger partial charge in [-0.1, -0.05) is 97.1 Å². The summed E-state index contributed by atoms with van der Waals surface area (Å²) >= 11 is 5.76. The molecule has 4 aromatic heterocycles. The predicted octanol–water partition coefficient (Wildman–Crippen LogP) is 14.2. The highest BCUT2D eigenvalue weighted by Gasteiger charge is 2.30. The van der Waals surface area contributed by atoms with Gasteiger partial charge >= 0.3 is 0 Å². The summed E-state index contributed by atoms with van der Waals surface area (Å²) in [4.78, 5) is 4.09. The van der Waals surface area contributed by atoms with Crippen molar-refractivity contribution in [1.82, 2.24) is 0 Å². The van der Waals surface area contributed by atoms with Crippen molar-refractivity contribution >= 4 is 102 Å². The number of hydrogen-bond acceptors (Lipinski definition) is 4. The van der Waals surface area contributed by atoms with Crippen LogP contribution in [0.5, 0.6) is 0 Å². The SMILES string of the molecule is c1ccc2oc(-c3cc(-c4cc5ccccc5s4)c4ccc5c6c(ccc3c46)=C(c3cc4ccccc4s3)CC5c3cc4ccccc4s3)cc2c1. The van der Waals surface area contributed by atoms with Crippen LogP contribution in [-0.4, -0.2) is 0 Å². The molecule has 0 radical (unpaired) electrons. The van der Waals surface area contributed by atoms with Crippen LogP contribution < -0.4 is 5.22 Å². The highest BCUT2D eigenvalue weighted by molar-refractivity contribution is 7.22. The maximum Gasteiger partial charge on any atom is 0.136 e. The monoisotopic (exact) mass is 716 g/mol. The van der Waals surface area contributed by atoms with Crippen LogP contribution in [-0.2, 0) is 0 Å². The lowest BCUT2D eigenvalue weighted by Gasteiger charge is -2.27. The Bertz CT molecular complexity index is 3070. The van der Waals surface area contributed by atoms with Crippen molar-refractivity contribution in [2.24, 2.45) is 0 Å². The zero-order valence-corrected chi connectivity index (χ0v) is 30.3. The molecule has 0 aliphatic heterocycles. The first kappa shape index (κ1) is 29.1. The van der Waals surface area contributed by atoms with Gasteiger partial charge in [-0.05, 0) is 115 Å². The fourth-order valence-corrected chi connectivity index (χ4v) is 12.1. The molecule has 0 spiro atoms. The molecule has 7 aromatic carbocycles. The molecular formula is C48H28OS3. The second kappa shape index (κ2) is 11.0. The van der Waals surface area contributed by atoms with Crippen molar-refractivity contribution in [3.63, 3.8) is 0 Å². The highest BCUT2D eigenvalue weighted by atomic mass is 32.1. The molecule has 0 saturated carbocycles. The Morgan fingerprint density at radius 2 is 1.10 bits per heavy atom. The van der Waals surface area contributed by atoms with Gasteiger partial charge in [-0.25, -0.2) is 0 Å². The second-order valence-corrected chi connectivity index (χ2v) is 17.2. The minimum Gasteiger partial charge on any atom is -0.456 e. The van der Waals surface area contributed by atoms with E-state index in [-0.39, 0.29) is 5.92 Å². The zero-order chi connectivity index (χ0) is 33.9. The van der Waals surface area contributed by atoms with E-state index in [0.717, 1.165) is 28.7 Å². The molecule has 11 aromatic rings. The van der Waals surface area contributed by atoms with E-state index < -0.39 is 0 Å². The average molecular weight is 717 g/mol.